The molecule has 2 aromatic carbocycles. The second kappa shape index (κ2) is 9.09. The van der Waals surface area contributed by atoms with Crippen LogP contribution in [0.1, 0.15) is 46.8 Å². The van der Waals surface area contributed by atoms with Crippen molar-refractivity contribution in [1.29, 1.82) is 0 Å². The fourth-order valence-electron chi connectivity index (χ4n) is 3.59. The number of hydrogen-bond acceptors (Lipinski definition) is 4. The molecule has 2 aromatic rings. The minimum absolute atomic E-state index is 0.157. The van der Waals surface area contributed by atoms with Crippen LogP contribution in [0.4, 0.5) is 0 Å². The monoisotopic (exact) mass is 414 g/mol. The summed E-state index contributed by atoms with van der Waals surface area (Å²) in [5, 5.41) is 2.90. The summed E-state index contributed by atoms with van der Waals surface area (Å²) in [5.74, 6) is 0.568. The van der Waals surface area contributed by atoms with E-state index in [9.17, 15) is 13.2 Å². The summed E-state index contributed by atoms with van der Waals surface area (Å²) in [6.07, 6.45) is 3.68. The third kappa shape index (κ3) is 5.90. The second-order valence-corrected chi connectivity index (χ2v) is 10.2. The standard InChI is InChI=1S/C23H30N2O3S/c1-17-10-12-25(13-11-17)16-20-7-5-19(6-8-20)15-24-23(26)22-14-21(29(3,27)28)9-4-18(22)2/h4-9,14,17H,10-13,15-16H2,1-3H3,(H,24,26). The van der Waals surface area contributed by atoms with E-state index in [0.29, 0.717) is 12.1 Å². The molecular formula is C23H30N2O3S. The molecule has 0 bridgehead atoms. The molecule has 0 aromatic heterocycles. The predicted octanol–water partition coefficient (Wildman–Crippen LogP) is 3.56. The minimum atomic E-state index is -3.35. The normalized spacial score (nSPS) is 16.0. The maximum atomic E-state index is 12.6. The van der Waals surface area contributed by atoms with Gasteiger partial charge >= 0.3 is 0 Å². The zero-order valence-corrected chi connectivity index (χ0v) is 18.3. The van der Waals surface area contributed by atoms with E-state index in [2.05, 4.69) is 29.3 Å². The van der Waals surface area contributed by atoms with Crippen LogP contribution in [0.3, 0.4) is 0 Å². The number of piperidine rings is 1. The van der Waals surface area contributed by atoms with Gasteiger partial charge in [-0.1, -0.05) is 37.3 Å². The van der Waals surface area contributed by atoms with E-state index in [1.807, 2.05) is 12.1 Å². The van der Waals surface area contributed by atoms with Crippen molar-refractivity contribution in [3.8, 4) is 0 Å². The molecule has 3 rings (SSSR count). The topological polar surface area (TPSA) is 66.5 Å². The molecule has 0 saturated carbocycles. The van der Waals surface area contributed by atoms with Crippen molar-refractivity contribution in [3.63, 3.8) is 0 Å². The van der Waals surface area contributed by atoms with Crippen LogP contribution in [-0.4, -0.2) is 38.6 Å². The van der Waals surface area contributed by atoms with Crippen LogP contribution in [0.5, 0.6) is 0 Å². The minimum Gasteiger partial charge on any atom is -0.348 e. The van der Waals surface area contributed by atoms with Crippen molar-refractivity contribution < 1.29 is 13.2 Å². The van der Waals surface area contributed by atoms with Crippen LogP contribution in [0, 0.1) is 12.8 Å². The molecule has 1 saturated heterocycles. The Hall–Kier alpha value is -2.18. The highest BCUT2D eigenvalue weighted by Crippen LogP contribution is 2.19. The lowest BCUT2D eigenvalue weighted by molar-refractivity contribution is 0.0950. The van der Waals surface area contributed by atoms with Crippen molar-refractivity contribution in [3.05, 3.63) is 64.7 Å². The van der Waals surface area contributed by atoms with E-state index in [1.54, 1.807) is 13.0 Å². The Morgan fingerprint density at radius 2 is 1.69 bits per heavy atom. The number of rotatable bonds is 6. The summed E-state index contributed by atoms with van der Waals surface area (Å²) < 4.78 is 23.5. The highest BCUT2D eigenvalue weighted by atomic mass is 32.2. The van der Waals surface area contributed by atoms with Gasteiger partial charge in [-0.25, -0.2) is 8.42 Å². The number of likely N-dealkylation sites (tertiary alicyclic amines) is 1. The van der Waals surface area contributed by atoms with Crippen molar-refractivity contribution >= 4 is 15.7 Å². The third-order valence-corrected chi connectivity index (χ3v) is 6.75. The second-order valence-electron chi connectivity index (χ2n) is 8.21. The molecule has 1 heterocycles. The first-order valence-electron chi connectivity index (χ1n) is 10.1. The van der Waals surface area contributed by atoms with Crippen LogP contribution in [-0.2, 0) is 22.9 Å². The van der Waals surface area contributed by atoms with E-state index < -0.39 is 9.84 Å². The van der Waals surface area contributed by atoms with Gasteiger partial charge in [0.2, 0.25) is 0 Å². The molecule has 1 aliphatic heterocycles. The number of hydrogen-bond donors (Lipinski definition) is 1. The lowest BCUT2D eigenvalue weighted by atomic mass is 9.99. The Morgan fingerprint density at radius 1 is 1.07 bits per heavy atom. The third-order valence-electron chi connectivity index (χ3n) is 5.64. The van der Waals surface area contributed by atoms with Gasteiger partial charge in [0, 0.05) is 24.9 Å². The zero-order chi connectivity index (χ0) is 21.0. The van der Waals surface area contributed by atoms with Gasteiger partial charge in [-0.3, -0.25) is 9.69 Å². The van der Waals surface area contributed by atoms with Crippen LogP contribution >= 0.6 is 0 Å². The Bertz CT molecular complexity index is 960. The van der Waals surface area contributed by atoms with Gasteiger partial charge in [0.05, 0.1) is 4.90 Å². The number of carbonyl (C=O) groups excluding carboxylic acids is 1. The van der Waals surface area contributed by atoms with Crippen LogP contribution < -0.4 is 5.32 Å². The van der Waals surface area contributed by atoms with Crippen LogP contribution in [0.15, 0.2) is 47.4 Å². The van der Waals surface area contributed by atoms with Crippen molar-refractivity contribution in [2.45, 2.75) is 44.7 Å². The Morgan fingerprint density at radius 3 is 2.31 bits per heavy atom. The maximum Gasteiger partial charge on any atom is 0.251 e. The molecule has 1 aliphatic rings. The van der Waals surface area contributed by atoms with Crippen molar-refractivity contribution in [2.75, 3.05) is 19.3 Å². The van der Waals surface area contributed by atoms with Crippen LogP contribution in [0.2, 0.25) is 0 Å². The quantitative estimate of drug-likeness (QED) is 0.785. The summed E-state index contributed by atoms with van der Waals surface area (Å²) in [4.78, 5) is 15.2. The Labute approximate surface area is 174 Å². The molecular weight excluding hydrogens is 384 g/mol. The van der Waals surface area contributed by atoms with Gasteiger partial charge in [-0.15, -0.1) is 0 Å². The molecule has 0 aliphatic carbocycles. The number of nitrogens with zero attached hydrogens (tertiary/aromatic N) is 1. The summed E-state index contributed by atoms with van der Waals surface area (Å²) in [6.45, 7) is 7.81. The first-order valence-corrected chi connectivity index (χ1v) is 12.0. The zero-order valence-electron chi connectivity index (χ0n) is 17.4. The largest absolute Gasteiger partial charge is 0.348 e. The number of nitrogens with one attached hydrogen (secondary N) is 1. The number of aryl methyl sites for hydroxylation is 1. The van der Waals surface area contributed by atoms with Gasteiger partial charge in [-0.05, 0) is 67.6 Å². The maximum absolute atomic E-state index is 12.6. The van der Waals surface area contributed by atoms with Gasteiger partial charge in [0.15, 0.2) is 9.84 Å². The van der Waals surface area contributed by atoms with E-state index in [1.165, 1.54) is 30.5 Å². The first kappa shape index (κ1) is 21.5. The summed E-state index contributed by atoms with van der Waals surface area (Å²) in [7, 11) is -3.35. The average molecular weight is 415 g/mol. The van der Waals surface area contributed by atoms with Gasteiger partial charge < -0.3 is 5.32 Å². The fourth-order valence-corrected chi connectivity index (χ4v) is 4.24. The molecule has 156 valence electrons. The van der Waals surface area contributed by atoms with E-state index in [-0.39, 0.29) is 10.8 Å². The molecule has 0 radical (unpaired) electrons. The number of benzene rings is 2. The molecule has 29 heavy (non-hydrogen) atoms. The molecule has 1 amide bonds. The molecule has 0 atom stereocenters. The van der Waals surface area contributed by atoms with E-state index in [0.717, 1.165) is 42.9 Å². The Balaban J connectivity index is 1.58. The smallest absolute Gasteiger partial charge is 0.251 e. The van der Waals surface area contributed by atoms with Crippen molar-refractivity contribution in [2.24, 2.45) is 5.92 Å². The van der Waals surface area contributed by atoms with Gasteiger partial charge in [0.1, 0.15) is 0 Å². The lowest BCUT2D eigenvalue weighted by Crippen LogP contribution is -2.32. The van der Waals surface area contributed by atoms with E-state index in [4.69, 9.17) is 0 Å². The number of amides is 1. The summed E-state index contributed by atoms with van der Waals surface area (Å²) in [6, 6.07) is 13.0. The van der Waals surface area contributed by atoms with Crippen LogP contribution in [0.25, 0.3) is 0 Å². The average Bonchev–Trinajstić information content (AvgIpc) is 2.68. The highest BCUT2D eigenvalue weighted by Gasteiger charge is 2.16. The Kier molecular flexibility index (Phi) is 6.75. The molecule has 5 nitrogen and oxygen atoms in total. The summed E-state index contributed by atoms with van der Waals surface area (Å²) >= 11 is 0. The molecule has 1 fully saturated rings. The first-order chi connectivity index (χ1) is 13.7. The molecule has 6 heteroatoms. The number of sulfone groups is 1. The number of carbonyl (C=O) groups is 1. The summed E-state index contributed by atoms with van der Waals surface area (Å²) in [5.41, 5.74) is 3.45. The predicted molar refractivity (Wildman–Crippen MR) is 116 cm³/mol. The van der Waals surface area contributed by atoms with Gasteiger partial charge in [0.25, 0.3) is 5.91 Å². The van der Waals surface area contributed by atoms with E-state index >= 15 is 0 Å². The van der Waals surface area contributed by atoms with Gasteiger partial charge in [-0.2, -0.15) is 0 Å². The lowest BCUT2D eigenvalue weighted by Gasteiger charge is -2.30. The molecule has 1 N–H and O–H groups in total. The van der Waals surface area contributed by atoms with Crippen molar-refractivity contribution in [1.82, 2.24) is 10.2 Å². The fraction of sp³-hybridized carbons (Fsp3) is 0.435. The molecule has 0 spiro atoms. The highest BCUT2D eigenvalue weighted by molar-refractivity contribution is 7.90. The SMILES string of the molecule is Cc1ccc(S(C)(=O)=O)cc1C(=O)NCc1ccc(CN2CCC(C)CC2)cc1. The molecule has 0 unspecified atom stereocenters.